The molecule has 12 atom stereocenters. The second kappa shape index (κ2) is 49.6. The maximum atomic E-state index is 15.1. The third-order valence-electron chi connectivity index (χ3n) is 21.0. The number of anilines is 2. The third kappa shape index (κ3) is 30.6. The number of para-hydroxylation sites is 1. The highest BCUT2D eigenvalue weighted by atomic mass is 32.2. The standard InChI is InChI=1S/C83H120N24O15S/c1-8-48(5)67(79(119)99-56(28-18-19-35-84)75(115)102-68(49(6)9-2)80(120)101-61(41-52-44-93-55-27-17-16-26-53(52)55)78(118)100-60(40-50-22-12-10-13-23-50)77(117)97-58(73(113)90-7)30-32-63(86)108)103-76(116)59(31-33-64(87)109)98-74(114)57(29-20-36-91-82(88)89)96-72(112)54(85)45-123-62-42-65(110)106(81(62)121)38-34-66(111)122-39-21-37-92-83-104-70(94-43-51-24-14-11-15-25-51)69-71(105-83)107(46-95-69)47(3)4/h10-17,22-27,44,46-49,54,56-62,67-68,93H,8-9,18-21,28-43,45,84-85H2,1-7H3,(H2,86,108)(H2,87,109)(H,90,113)(H,96,112)(H,97,117)(H,98,114)(H,99,119)(H,100,118)(H,101,120)(H,102,115)(H,103,116)(H4,88,89,91)(H2,92,94,104,105). The van der Waals surface area contributed by atoms with Crippen LogP contribution < -0.4 is 92.5 Å². The van der Waals surface area contributed by atoms with Crippen LogP contribution in [0, 0.1) is 17.2 Å². The molecule has 40 heteroatoms. The number of imidazole rings is 1. The first kappa shape index (κ1) is 97.8. The molecule has 13 amide bonds. The van der Waals surface area contributed by atoms with Crippen molar-refractivity contribution in [3.8, 4) is 0 Å². The van der Waals surface area contributed by atoms with Gasteiger partial charge in [0.25, 0.3) is 0 Å². The Hall–Kier alpha value is -12.3. The molecule has 6 aromatic rings. The third-order valence-corrected chi connectivity index (χ3v) is 22.3. The van der Waals surface area contributed by atoms with Crippen LogP contribution in [0.5, 0.6) is 0 Å². The first-order valence-electron chi connectivity index (χ1n) is 41.5. The minimum absolute atomic E-state index is 0.00353. The van der Waals surface area contributed by atoms with Crippen LogP contribution in [0.1, 0.15) is 154 Å². The molecule has 4 heterocycles. The van der Waals surface area contributed by atoms with Crippen LogP contribution in [-0.4, -0.2) is 223 Å². The number of fused-ring (bicyclic) bond motifs is 2. The Kier molecular flexibility index (Phi) is 39.4. The number of primary amides is 2. The number of hydrogen-bond donors (Lipinski definition) is 19. The summed E-state index contributed by atoms with van der Waals surface area (Å²) in [6.07, 6.45) is 2.83. The number of carbonyl (C=O) groups is 14. The number of ether oxygens (including phenoxy) is 1. The topological polar surface area (TPSA) is 609 Å². The van der Waals surface area contributed by atoms with E-state index >= 15 is 4.79 Å². The fourth-order valence-electron chi connectivity index (χ4n) is 13.5. The summed E-state index contributed by atoms with van der Waals surface area (Å²) in [5, 5.41) is 40.8. The Morgan fingerprint density at radius 3 is 1.71 bits per heavy atom. The number of unbranched alkanes of at least 4 members (excludes halogenated alkanes) is 1. The predicted octanol–water partition coefficient (Wildman–Crippen LogP) is 0.549. The van der Waals surface area contributed by atoms with Gasteiger partial charge in [0.05, 0.1) is 30.6 Å². The summed E-state index contributed by atoms with van der Waals surface area (Å²) in [6, 6.07) is 13.1. The quantitative estimate of drug-likeness (QED) is 0.00815. The number of likely N-dealkylation sites (N-methyl/N-ethyl adjacent to an activating group) is 1. The van der Waals surface area contributed by atoms with Crippen LogP contribution in [-0.2, 0) is 91.2 Å². The molecule has 1 aliphatic heterocycles. The Morgan fingerprint density at radius 1 is 0.593 bits per heavy atom. The van der Waals surface area contributed by atoms with E-state index < -0.39 is 167 Å². The summed E-state index contributed by atoms with van der Waals surface area (Å²) in [5.74, 6) is -12.0. The average Bonchev–Trinajstić information content (AvgIpc) is 1.65. The highest BCUT2D eigenvalue weighted by molar-refractivity contribution is 8.00. The molecule has 668 valence electrons. The van der Waals surface area contributed by atoms with Gasteiger partial charge in [-0.25, -0.2) is 4.98 Å². The lowest BCUT2D eigenvalue weighted by Crippen LogP contribution is -2.62. The molecular weight excluding hydrogens is 1610 g/mol. The van der Waals surface area contributed by atoms with E-state index in [2.05, 4.69) is 78.8 Å². The van der Waals surface area contributed by atoms with Gasteiger partial charge in [0.15, 0.2) is 22.9 Å². The fourth-order valence-corrected chi connectivity index (χ4v) is 14.6. The number of nitrogens with one attached hydrogen (secondary N) is 14. The first-order chi connectivity index (χ1) is 58.8. The summed E-state index contributed by atoms with van der Waals surface area (Å²) in [6.45, 7) is 11.7. The maximum absolute atomic E-state index is 15.1. The van der Waals surface area contributed by atoms with E-state index in [1.807, 2.05) is 66.9 Å². The number of hydrogen-bond acceptors (Lipinski definition) is 24. The molecular formula is C83H120N24O15S. The average molecular weight is 1730 g/mol. The Balaban J connectivity index is 0.987. The number of thioether (sulfide) groups is 1. The largest absolute Gasteiger partial charge is 0.466 e. The second-order valence-electron chi connectivity index (χ2n) is 30.7. The second-order valence-corrected chi connectivity index (χ2v) is 31.9. The molecule has 0 radical (unpaired) electrons. The number of likely N-dealkylation sites (tertiary alicyclic amines) is 1. The van der Waals surface area contributed by atoms with Gasteiger partial charge in [-0.1, -0.05) is 119 Å². The van der Waals surface area contributed by atoms with Crippen molar-refractivity contribution in [3.05, 3.63) is 114 Å². The van der Waals surface area contributed by atoms with Gasteiger partial charge in [-0.2, -0.15) is 9.97 Å². The number of carbonyl (C=O) groups excluding carboxylic acids is 14. The number of guanidine groups is 1. The van der Waals surface area contributed by atoms with E-state index in [0.717, 1.165) is 22.2 Å². The minimum Gasteiger partial charge on any atom is -0.466 e. The molecule has 3 aromatic heterocycles. The molecule has 39 nitrogen and oxygen atoms in total. The smallest absolute Gasteiger partial charge is 0.307 e. The van der Waals surface area contributed by atoms with Crippen LogP contribution in [0.4, 0.5) is 11.8 Å². The molecule has 1 fully saturated rings. The number of benzene rings is 3. The predicted molar refractivity (Wildman–Crippen MR) is 463 cm³/mol. The zero-order valence-electron chi connectivity index (χ0n) is 70.7. The first-order valence-corrected chi connectivity index (χ1v) is 42.6. The van der Waals surface area contributed by atoms with Crippen molar-refractivity contribution in [2.24, 2.45) is 40.5 Å². The van der Waals surface area contributed by atoms with Crippen molar-refractivity contribution >= 4 is 134 Å². The number of nitrogens with zero attached hydrogens (tertiary/aromatic N) is 5. The Morgan fingerprint density at radius 2 is 1.12 bits per heavy atom. The number of amides is 13. The molecule has 12 unspecified atom stereocenters. The van der Waals surface area contributed by atoms with Gasteiger partial charge in [-0.3, -0.25) is 77.4 Å². The molecule has 3 aromatic carbocycles. The summed E-state index contributed by atoms with van der Waals surface area (Å²) in [7, 11) is 1.35. The molecule has 1 aliphatic rings. The molecule has 7 rings (SSSR count). The lowest BCUT2D eigenvalue weighted by Gasteiger charge is -2.31. The number of rotatable bonds is 54. The fraction of sp³-hybridized carbons (Fsp3) is 0.518. The van der Waals surface area contributed by atoms with E-state index in [-0.39, 0.29) is 115 Å². The molecule has 0 bridgehead atoms. The number of esters is 1. The van der Waals surface area contributed by atoms with Crippen LogP contribution in [0.2, 0.25) is 0 Å². The highest BCUT2D eigenvalue weighted by Gasteiger charge is 2.41. The van der Waals surface area contributed by atoms with Crippen molar-refractivity contribution < 1.29 is 71.9 Å². The lowest BCUT2D eigenvalue weighted by atomic mass is 9.95. The summed E-state index contributed by atoms with van der Waals surface area (Å²) in [5.41, 5.74) is 33.1. The summed E-state index contributed by atoms with van der Waals surface area (Å²) < 4.78 is 7.38. The molecule has 0 spiro atoms. The van der Waals surface area contributed by atoms with Crippen LogP contribution in [0.15, 0.2) is 97.5 Å². The van der Waals surface area contributed by atoms with Gasteiger partial charge in [-0.15, -0.1) is 11.8 Å². The molecule has 0 aliphatic carbocycles. The highest BCUT2D eigenvalue weighted by Crippen LogP contribution is 2.28. The molecule has 24 N–H and O–H groups in total. The van der Waals surface area contributed by atoms with Crippen LogP contribution in [0.25, 0.3) is 22.1 Å². The van der Waals surface area contributed by atoms with E-state index in [1.54, 1.807) is 76.6 Å². The van der Waals surface area contributed by atoms with E-state index in [0.29, 0.717) is 77.3 Å². The number of aromatic nitrogens is 5. The van der Waals surface area contributed by atoms with E-state index in [4.69, 9.17) is 43.8 Å². The van der Waals surface area contributed by atoms with Crippen LogP contribution >= 0.6 is 11.8 Å². The van der Waals surface area contributed by atoms with Crippen molar-refractivity contribution in [3.63, 3.8) is 0 Å². The van der Waals surface area contributed by atoms with E-state index in [1.165, 1.54) is 7.05 Å². The zero-order valence-corrected chi connectivity index (χ0v) is 71.5. The van der Waals surface area contributed by atoms with Gasteiger partial charge < -0.3 is 107 Å². The van der Waals surface area contributed by atoms with Crippen LogP contribution in [0.3, 0.4) is 0 Å². The lowest BCUT2D eigenvalue weighted by molar-refractivity contribution is -0.145. The zero-order chi connectivity index (χ0) is 89.8. The van der Waals surface area contributed by atoms with Gasteiger partial charge in [-0.05, 0) is 106 Å². The normalized spacial score (nSPS) is 15.3. The maximum Gasteiger partial charge on any atom is 0.307 e. The van der Waals surface area contributed by atoms with Crippen molar-refractivity contribution in [2.45, 2.75) is 216 Å². The van der Waals surface area contributed by atoms with Crippen molar-refractivity contribution in [1.82, 2.24) is 82.6 Å². The van der Waals surface area contributed by atoms with Crippen molar-refractivity contribution in [1.29, 1.82) is 5.41 Å². The van der Waals surface area contributed by atoms with Gasteiger partial charge in [0.2, 0.25) is 82.7 Å². The van der Waals surface area contributed by atoms with Gasteiger partial charge in [0, 0.05) is 94.2 Å². The van der Waals surface area contributed by atoms with Crippen molar-refractivity contribution in [2.75, 3.05) is 56.2 Å². The molecule has 0 saturated carbocycles. The Labute approximate surface area is 718 Å². The summed E-state index contributed by atoms with van der Waals surface area (Å²) >= 11 is 0.914. The molecule has 1 saturated heterocycles. The number of imide groups is 1. The molecule has 123 heavy (non-hydrogen) atoms. The summed E-state index contributed by atoms with van der Waals surface area (Å²) in [4.78, 5) is 213. The number of H-pyrrole nitrogens is 1. The monoisotopic (exact) mass is 1720 g/mol. The van der Waals surface area contributed by atoms with Gasteiger partial charge >= 0.3 is 5.97 Å². The van der Waals surface area contributed by atoms with E-state index in [9.17, 15) is 62.3 Å². The number of aromatic amines is 1. The van der Waals surface area contributed by atoms with Gasteiger partial charge in [0.1, 0.15) is 48.3 Å². The minimum atomic E-state index is -1.61. The SMILES string of the molecule is CCC(C)C(NC(=O)C(CCCCN)NC(=O)C(NC(=O)C(CCC(N)=O)NC(=O)C(CCCNC(=N)N)NC(=O)C(N)CSC1CC(=O)N(CCC(=O)OCCCNc2nc(NCc3ccccc3)c3ncn(C(C)C)c3n2)C1=O)C(C)CC)C(=O)NC(Cc1c[nH]c2ccccc12)C(=O)NC(Cc1ccccc1)C(=O)NC(CCC(N)=O)C(=O)NC. The Bertz CT molecular complexity index is 4610. The number of nitrogens with two attached hydrogens (primary N) is 5.